The molecule has 1 aliphatic heterocycles. The molecule has 1 amide bonds. The summed E-state index contributed by atoms with van der Waals surface area (Å²) in [5.74, 6) is 0.240. The summed E-state index contributed by atoms with van der Waals surface area (Å²) in [6.07, 6.45) is 1.66. The Kier molecular flexibility index (Phi) is 7.28. The maximum atomic E-state index is 13.9. The average molecular weight is 562 g/mol. The number of benzene rings is 3. The summed E-state index contributed by atoms with van der Waals surface area (Å²) in [4.78, 5) is 32.6. The van der Waals surface area contributed by atoms with Crippen molar-refractivity contribution >= 4 is 40.6 Å². The molecule has 8 nitrogen and oxygen atoms in total. The van der Waals surface area contributed by atoms with E-state index >= 15 is 0 Å². The van der Waals surface area contributed by atoms with Crippen LogP contribution in [0.25, 0.3) is 6.08 Å². The largest absolute Gasteiger partial charge is 0.503 e. The van der Waals surface area contributed by atoms with Crippen molar-refractivity contribution in [3.05, 3.63) is 114 Å². The van der Waals surface area contributed by atoms with Crippen molar-refractivity contribution in [1.82, 2.24) is 4.57 Å². The van der Waals surface area contributed by atoms with Gasteiger partial charge in [-0.3, -0.25) is 14.2 Å². The summed E-state index contributed by atoms with van der Waals surface area (Å²) in [5.41, 5.74) is 2.41. The molecule has 0 saturated heterocycles. The van der Waals surface area contributed by atoms with Crippen LogP contribution in [0, 0.1) is 0 Å². The number of para-hydroxylation sites is 1. The number of halogens is 1. The van der Waals surface area contributed by atoms with Crippen molar-refractivity contribution in [1.29, 1.82) is 0 Å². The molecule has 0 fully saturated rings. The van der Waals surface area contributed by atoms with Gasteiger partial charge in [0.1, 0.15) is 5.75 Å². The number of phenolic OH excluding ortho intramolecular Hbond substituents is 1. The van der Waals surface area contributed by atoms with Gasteiger partial charge in [-0.05, 0) is 60.5 Å². The quantitative estimate of drug-likeness (QED) is 0.366. The van der Waals surface area contributed by atoms with Gasteiger partial charge in [0.05, 0.1) is 41.1 Å². The molecule has 0 radical (unpaired) electrons. The third-order valence-electron chi connectivity index (χ3n) is 6.28. The number of hydrogen-bond acceptors (Lipinski definition) is 7. The van der Waals surface area contributed by atoms with Gasteiger partial charge in [0.2, 0.25) is 0 Å². The molecular formula is C29H24ClN3O5S. The molecule has 3 aromatic carbocycles. The number of thiazole rings is 1. The fourth-order valence-corrected chi connectivity index (χ4v) is 5.71. The number of allylic oxidation sites excluding steroid dienone is 1. The number of rotatable bonds is 6. The second kappa shape index (κ2) is 10.8. The van der Waals surface area contributed by atoms with Gasteiger partial charge in [-0.25, -0.2) is 4.99 Å². The molecule has 1 aromatic heterocycles. The maximum Gasteiger partial charge on any atom is 0.271 e. The first-order valence-corrected chi connectivity index (χ1v) is 13.1. The predicted octanol–water partition coefficient (Wildman–Crippen LogP) is 4.25. The number of anilines is 1. The SMILES string of the molecule is COc1cccc(C2C(C(=O)Nc3ccccc3)=C(C)N=c3s/c(=C/c4cc(Cl)c(O)c(OC)c4)c(=O)n32)c1. The fourth-order valence-electron chi connectivity index (χ4n) is 4.44. The van der Waals surface area contributed by atoms with E-state index in [-0.39, 0.29) is 28.0 Å². The maximum absolute atomic E-state index is 13.9. The lowest BCUT2D eigenvalue weighted by molar-refractivity contribution is -0.113. The van der Waals surface area contributed by atoms with E-state index < -0.39 is 6.04 Å². The summed E-state index contributed by atoms with van der Waals surface area (Å²) in [6, 6.07) is 18.8. The first kappa shape index (κ1) is 26.3. The van der Waals surface area contributed by atoms with E-state index in [1.807, 2.05) is 30.3 Å². The Balaban J connectivity index is 1.69. The number of nitrogens with zero attached hydrogens (tertiary/aromatic N) is 2. The Morgan fingerprint density at radius 1 is 1.10 bits per heavy atom. The third kappa shape index (κ3) is 5.06. The van der Waals surface area contributed by atoms with Crippen LogP contribution in [0.2, 0.25) is 5.02 Å². The normalized spacial score (nSPS) is 15.0. The Labute approximate surface area is 232 Å². The van der Waals surface area contributed by atoms with E-state index in [1.165, 1.54) is 23.0 Å². The number of aromatic hydroxyl groups is 1. The van der Waals surface area contributed by atoms with Crippen LogP contribution < -0.4 is 29.7 Å². The van der Waals surface area contributed by atoms with Gasteiger partial charge in [0.25, 0.3) is 11.5 Å². The molecule has 5 rings (SSSR count). The van der Waals surface area contributed by atoms with Crippen molar-refractivity contribution in [3.63, 3.8) is 0 Å². The van der Waals surface area contributed by atoms with Gasteiger partial charge < -0.3 is 19.9 Å². The zero-order valence-corrected chi connectivity index (χ0v) is 22.8. The summed E-state index contributed by atoms with van der Waals surface area (Å²) in [7, 11) is 2.98. The van der Waals surface area contributed by atoms with E-state index in [9.17, 15) is 14.7 Å². The second-order valence-electron chi connectivity index (χ2n) is 8.73. The topological polar surface area (TPSA) is 102 Å². The minimum absolute atomic E-state index is 0.0957. The molecule has 4 aromatic rings. The van der Waals surface area contributed by atoms with E-state index in [2.05, 4.69) is 10.3 Å². The Hall–Kier alpha value is -4.34. The molecule has 1 atom stereocenters. The zero-order valence-electron chi connectivity index (χ0n) is 21.3. The third-order valence-corrected chi connectivity index (χ3v) is 7.55. The molecule has 1 unspecified atom stereocenters. The van der Waals surface area contributed by atoms with Gasteiger partial charge in [0, 0.05) is 5.69 Å². The van der Waals surface area contributed by atoms with Crippen molar-refractivity contribution in [2.45, 2.75) is 13.0 Å². The number of methoxy groups -OCH3 is 2. The number of amides is 1. The molecule has 39 heavy (non-hydrogen) atoms. The van der Waals surface area contributed by atoms with Gasteiger partial charge >= 0.3 is 0 Å². The van der Waals surface area contributed by atoms with Crippen molar-refractivity contribution in [2.75, 3.05) is 19.5 Å². The molecule has 0 bridgehead atoms. The smallest absolute Gasteiger partial charge is 0.271 e. The first-order chi connectivity index (χ1) is 18.8. The number of carbonyl (C=O) groups excluding carboxylic acids is 1. The molecule has 0 saturated carbocycles. The van der Waals surface area contributed by atoms with Gasteiger partial charge in [-0.15, -0.1) is 0 Å². The number of nitrogens with one attached hydrogen (secondary N) is 1. The highest BCUT2D eigenvalue weighted by Gasteiger charge is 2.32. The lowest BCUT2D eigenvalue weighted by Crippen LogP contribution is -2.40. The molecule has 1 aliphatic rings. The lowest BCUT2D eigenvalue weighted by atomic mass is 9.95. The Bertz CT molecular complexity index is 1790. The minimum atomic E-state index is -0.750. The van der Waals surface area contributed by atoms with E-state index in [0.29, 0.717) is 43.2 Å². The first-order valence-electron chi connectivity index (χ1n) is 11.9. The number of carbonyl (C=O) groups is 1. The van der Waals surface area contributed by atoms with E-state index in [1.54, 1.807) is 56.5 Å². The predicted molar refractivity (Wildman–Crippen MR) is 152 cm³/mol. The molecule has 0 aliphatic carbocycles. The van der Waals surface area contributed by atoms with Crippen LogP contribution in [-0.4, -0.2) is 29.8 Å². The summed E-state index contributed by atoms with van der Waals surface area (Å²) < 4.78 is 12.5. The molecule has 2 N–H and O–H groups in total. The number of fused-ring (bicyclic) bond motifs is 1. The van der Waals surface area contributed by atoms with Crippen LogP contribution in [0.1, 0.15) is 24.1 Å². The van der Waals surface area contributed by atoms with Crippen molar-refractivity contribution in [3.8, 4) is 17.2 Å². The van der Waals surface area contributed by atoms with Crippen LogP contribution in [0.15, 0.2) is 87.8 Å². The molecule has 2 heterocycles. The number of ether oxygens (including phenoxy) is 2. The van der Waals surface area contributed by atoms with E-state index in [4.69, 9.17) is 21.1 Å². The Morgan fingerprint density at radius 2 is 1.87 bits per heavy atom. The monoisotopic (exact) mass is 561 g/mol. The second-order valence-corrected chi connectivity index (χ2v) is 10.1. The highest BCUT2D eigenvalue weighted by molar-refractivity contribution is 7.07. The number of aromatic nitrogens is 1. The highest BCUT2D eigenvalue weighted by Crippen LogP contribution is 2.35. The van der Waals surface area contributed by atoms with Crippen LogP contribution in [0.3, 0.4) is 0 Å². The van der Waals surface area contributed by atoms with Crippen LogP contribution in [-0.2, 0) is 4.79 Å². The summed E-state index contributed by atoms with van der Waals surface area (Å²) in [5, 5.41) is 13.1. The minimum Gasteiger partial charge on any atom is -0.503 e. The van der Waals surface area contributed by atoms with Crippen molar-refractivity contribution in [2.24, 2.45) is 4.99 Å². The van der Waals surface area contributed by atoms with Crippen molar-refractivity contribution < 1.29 is 19.4 Å². The molecule has 10 heteroatoms. The summed E-state index contributed by atoms with van der Waals surface area (Å²) >= 11 is 7.36. The van der Waals surface area contributed by atoms with Crippen LogP contribution in [0.4, 0.5) is 5.69 Å². The van der Waals surface area contributed by atoms with Gasteiger partial charge in [-0.2, -0.15) is 0 Å². The Morgan fingerprint density at radius 3 is 2.59 bits per heavy atom. The highest BCUT2D eigenvalue weighted by atomic mass is 35.5. The average Bonchev–Trinajstić information content (AvgIpc) is 3.24. The fraction of sp³-hybridized carbons (Fsp3) is 0.138. The molecule has 0 spiro atoms. The van der Waals surface area contributed by atoms with E-state index in [0.717, 1.165) is 0 Å². The zero-order chi connectivity index (χ0) is 27.7. The van der Waals surface area contributed by atoms with Crippen LogP contribution >= 0.6 is 22.9 Å². The van der Waals surface area contributed by atoms with Gasteiger partial charge in [-0.1, -0.05) is 53.3 Å². The number of hydrogen-bond donors (Lipinski definition) is 2. The van der Waals surface area contributed by atoms with Crippen LogP contribution in [0.5, 0.6) is 17.2 Å². The standard InChI is InChI=1S/C29H24ClN3O5S/c1-16-24(27(35)32-19-9-5-4-6-10-19)25(18-8-7-11-20(15-18)37-2)33-28(36)23(39-29(33)31-16)14-17-12-21(30)26(34)22(13-17)38-3/h4-15,25,34H,1-3H3,(H,32,35)/b23-14+. The summed E-state index contributed by atoms with van der Waals surface area (Å²) in [6.45, 7) is 1.76. The molecule has 198 valence electrons. The molecular weight excluding hydrogens is 538 g/mol. The number of phenols is 1. The van der Waals surface area contributed by atoms with Gasteiger partial charge in [0.15, 0.2) is 16.3 Å². The lowest BCUT2D eigenvalue weighted by Gasteiger charge is -2.25.